The van der Waals surface area contributed by atoms with Gasteiger partial charge in [-0.3, -0.25) is 4.98 Å². The number of pyridine rings is 1. The lowest BCUT2D eigenvalue weighted by atomic mass is 10.2. The monoisotopic (exact) mass is 245 g/mol. The summed E-state index contributed by atoms with van der Waals surface area (Å²) in [6, 6.07) is 6.57. The van der Waals surface area contributed by atoms with Gasteiger partial charge < -0.3 is 0 Å². The molecule has 0 aliphatic rings. The van der Waals surface area contributed by atoms with Gasteiger partial charge in [0.05, 0.1) is 10.5 Å². The van der Waals surface area contributed by atoms with Crippen molar-refractivity contribution in [2.24, 2.45) is 0 Å². The number of alkyl halides is 2. The zero-order chi connectivity index (χ0) is 10.8. The van der Waals surface area contributed by atoms with E-state index in [0.717, 1.165) is 0 Å². The predicted molar refractivity (Wildman–Crippen MR) is 58.6 cm³/mol. The Bertz CT molecular complexity index is 490. The second-order valence-corrected chi connectivity index (χ2v) is 4.32. The number of nitrogens with zero attached hydrogens (tertiary/aromatic N) is 1. The number of benzene rings is 1. The van der Waals surface area contributed by atoms with Crippen molar-refractivity contribution >= 4 is 34.3 Å². The fourth-order valence-electron chi connectivity index (χ4n) is 1.27. The van der Waals surface area contributed by atoms with Gasteiger partial charge in [0.15, 0.2) is 0 Å². The molecule has 0 N–H and O–H groups in total. The van der Waals surface area contributed by atoms with E-state index in [0.29, 0.717) is 32.6 Å². The lowest BCUT2D eigenvalue weighted by Crippen LogP contribution is -1.84. The number of hydrogen-bond donors (Lipinski definition) is 0. The van der Waals surface area contributed by atoms with Crippen LogP contribution in [0.2, 0.25) is 5.02 Å². The first-order chi connectivity index (χ1) is 7.16. The van der Waals surface area contributed by atoms with Crippen molar-refractivity contribution in [1.29, 1.82) is 0 Å². The maximum Gasteiger partial charge on any atom is 0.288 e. The van der Waals surface area contributed by atoms with E-state index >= 15 is 0 Å². The summed E-state index contributed by atoms with van der Waals surface area (Å²) in [5.41, 5.74) is 0.709. The van der Waals surface area contributed by atoms with Crippen molar-refractivity contribution in [1.82, 2.24) is 4.98 Å². The first-order valence-electron chi connectivity index (χ1n) is 4.16. The van der Waals surface area contributed by atoms with E-state index in [1.165, 1.54) is 0 Å². The van der Waals surface area contributed by atoms with E-state index in [1.807, 2.05) is 0 Å². The van der Waals surface area contributed by atoms with Gasteiger partial charge in [-0.2, -0.15) is 8.78 Å². The van der Waals surface area contributed by atoms with Crippen molar-refractivity contribution in [3.05, 3.63) is 35.5 Å². The number of aromatic nitrogens is 1. The molecule has 0 saturated heterocycles. The maximum absolute atomic E-state index is 12.1. The van der Waals surface area contributed by atoms with Crippen LogP contribution in [0.3, 0.4) is 0 Å². The lowest BCUT2D eigenvalue weighted by Gasteiger charge is -2.03. The van der Waals surface area contributed by atoms with Crippen LogP contribution < -0.4 is 0 Å². The Labute approximate surface area is 94.5 Å². The lowest BCUT2D eigenvalue weighted by molar-refractivity contribution is 0.252. The molecule has 0 aliphatic carbocycles. The van der Waals surface area contributed by atoms with Crippen molar-refractivity contribution in [2.75, 3.05) is 0 Å². The molecule has 0 spiro atoms. The molecule has 0 bridgehead atoms. The Morgan fingerprint density at radius 1 is 1.27 bits per heavy atom. The molecule has 1 aromatic heterocycles. The van der Waals surface area contributed by atoms with Crippen molar-refractivity contribution in [3.63, 3.8) is 0 Å². The second kappa shape index (κ2) is 4.33. The van der Waals surface area contributed by atoms with Gasteiger partial charge >= 0.3 is 0 Å². The fraction of sp³-hybridized carbons (Fsp3) is 0.100. The molecule has 1 nitrogen and oxygen atoms in total. The minimum atomic E-state index is -2.42. The second-order valence-electron chi connectivity index (χ2n) is 2.85. The third kappa shape index (κ3) is 2.38. The van der Waals surface area contributed by atoms with Crippen molar-refractivity contribution in [3.8, 4) is 0 Å². The third-order valence-electron chi connectivity index (χ3n) is 1.88. The smallest absolute Gasteiger partial charge is 0.256 e. The molecule has 0 unspecified atom stereocenters. The number of fused-ring (bicyclic) bond motifs is 1. The summed E-state index contributed by atoms with van der Waals surface area (Å²) in [6.07, 6.45) is 1.59. The molecule has 0 atom stereocenters. The van der Waals surface area contributed by atoms with E-state index in [2.05, 4.69) is 4.98 Å². The number of halogens is 3. The summed E-state index contributed by atoms with van der Waals surface area (Å²) < 4.78 is 24.3. The summed E-state index contributed by atoms with van der Waals surface area (Å²) in [6.45, 7) is 0. The number of hydrogen-bond acceptors (Lipinski definition) is 2. The number of thioether (sulfide) groups is 1. The van der Waals surface area contributed by atoms with Gasteiger partial charge in [-0.15, -0.1) is 0 Å². The summed E-state index contributed by atoms with van der Waals surface area (Å²) in [4.78, 5) is 4.57. The molecular formula is C10H6ClF2NS. The largest absolute Gasteiger partial charge is 0.288 e. The molecule has 78 valence electrons. The summed E-state index contributed by atoms with van der Waals surface area (Å²) in [5.74, 6) is -2.42. The highest BCUT2D eigenvalue weighted by atomic mass is 35.5. The van der Waals surface area contributed by atoms with Gasteiger partial charge in [0.2, 0.25) is 0 Å². The molecule has 1 aromatic carbocycles. The Morgan fingerprint density at radius 3 is 2.80 bits per heavy atom. The van der Waals surface area contributed by atoms with Crippen LogP contribution in [0.5, 0.6) is 0 Å². The molecule has 15 heavy (non-hydrogen) atoms. The standard InChI is InChI=1S/C10H6ClF2NS/c11-8-3-4-14-9-2-1-6(5-7(8)9)15-10(12)13/h1-5,10H. The summed E-state index contributed by atoms with van der Waals surface area (Å²) in [5, 5.41) is 1.22. The van der Waals surface area contributed by atoms with Crippen LogP contribution >= 0.6 is 23.4 Å². The third-order valence-corrected chi connectivity index (χ3v) is 2.92. The minimum absolute atomic E-state index is 0.493. The van der Waals surface area contributed by atoms with Crippen LogP contribution in [0.4, 0.5) is 8.78 Å². The van der Waals surface area contributed by atoms with Crippen LogP contribution in [-0.2, 0) is 0 Å². The van der Waals surface area contributed by atoms with Crippen LogP contribution in [0.1, 0.15) is 0 Å². The highest BCUT2D eigenvalue weighted by molar-refractivity contribution is 7.99. The molecular weight excluding hydrogens is 240 g/mol. The Morgan fingerprint density at radius 2 is 2.07 bits per heavy atom. The van der Waals surface area contributed by atoms with Crippen molar-refractivity contribution in [2.45, 2.75) is 10.7 Å². The first kappa shape index (κ1) is 10.6. The SMILES string of the molecule is FC(F)Sc1ccc2nccc(Cl)c2c1. The van der Waals surface area contributed by atoms with E-state index in [-0.39, 0.29) is 0 Å². The van der Waals surface area contributed by atoms with E-state index in [4.69, 9.17) is 11.6 Å². The van der Waals surface area contributed by atoms with Gasteiger partial charge in [0, 0.05) is 16.5 Å². The van der Waals surface area contributed by atoms with E-state index in [9.17, 15) is 8.78 Å². The van der Waals surface area contributed by atoms with E-state index < -0.39 is 5.76 Å². The molecule has 0 amide bonds. The number of rotatable bonds is 2. The highest BCUT2D eigenvalue weighted by Crippen LogP contribution is 2.30. The summed E-state index contributed by atoms with van der Waals surface area (Å²) in [7, 11) is 0. The molecule has 2 rings (SSSR count). The van der Waals surface area contributed by atoms with Gasteiger partial charge in [-0.05, 0) is 24.3 Å². The normalized spacial score (nSPS) is 11.2. The molecule has 0 saturated carbocycles. The molecule has 1 heterocycles. The van der Waals surface area contributed by atoms with Crippen LogP contribution in [0, 0.1) is 0 Å². The molecule has 0 fully saturated rings. The van der Waals surface area contributed by atoms with Crippen LogP contribution in [-0.4, -0.2) is 10.7 Å². The van der Waals surface area contributed by atoms with Gasteiger partial charge in [0.1, 0.15) is 0 Å². The molecule has 5 heteroatoms. The van der Waals surface area contributed by atoms with E-state index in [1.54, 1.807) is 30.5 Å². The quantitative estimate of drug-likeness (QED) is 0.736. The average molecular weight is 246 g/mol. The average Bonchev–Trinajstić information content (AvgIpc) is 2.18. The molecule has 2 aromatic rings. The van der Waals surface area contributed by atoms with Gasteiger partial charge in [-0.25, -0.2) is 0 Å². The first-order valence-corrected chi connectivity index (χ1v) is 5.41. The Balaban J connectivity index is 2.50. The highest BCUT2D eigenvalue weighted by Gasteiger charge is 2.07. The molecule has 0 aliphatic heterocycles. The zero-order valence-corrected chi connectivity index (χ0v) is 9.03. The van der Waals surface area contributed by atoms with Gasteiger partial charge in [-0.1, -0.05) is 23.4 Å². The summed E-state index contributed by atoms with van der Waals surface area (Å²) >= 11 is 6.43. The molecule has 0 radical (unpaired) electrons. The van der Waals surface area contributed by atoms with Crippen molar-refractivity contribution < 1.29 is 8.78 Å². The fourth-order valence-corrected chi connectivity index (χ4v) is 2.01. The van der Waals surface area contributed by atoms with Crippen LogP contribution in [0.15, 0.2) is 35.4 Å². The maximum atomic E-state index is 12.1. The Hall–Kier alpha value is -0.870. The Kier molecular flexibility index (Phi) is 3.07. The predicted octanol–water partition coefficient (Wildman–Crippen LogP) is 4.20. The van der Waals surface area contributed by atoms with Crippen LogP contribution in [0.25, 0.3) is 10.9 Å². The minimum Gasteiger partial charge on any atom is -0.256 e. The topological polar surface area (TPSA) is 12.9 Å². The zero-order valence-electron chi connectivity index (χ0n) is 7.45. The van der Waals surface area contributed by atoms with Gasteiger partial charge in [0.25, 0.3) is 5.76 Å².